The zero-order valence-electron chi connectivity index (χ0n) is 12.6. The average Bonchev–Trinajstić information content (AvgIpc) is 3.00. The maximum absolute atomic E-state index is 11.6. The van der Waals surface area contributed by atoms with Crippen LogP contribution in [0.3, 0.4) is 0 Å². The topological polar surface area (TPSA) is 17.1 Å². The summed E-state index contributed by atoms with van der Waals surface area (Å²) in [5.74, 6) is -0.261. The SMILES string of the molecule is [2H][C@]1([C@@H]([Se]c2ccccc2)[Si](C)(C)C)C[C@H]1C(C)=O. The van der Waals surface area contributed by atoms with Crippen LogP contribution in [-0.4, -0.2) is 28.8 Å². The Morgan fingerprint density at radius 3 is 2.44 bits per heavy atom. The van der Waals surface area contributed by atoms with Crippen molar-refractivity contribution in [3.05, 3.63) is 30.3 Å². The fraction of sp³-hybridized carbons (Fsp3) is 0.533. The monoisotopic (exact) mass is 327 g/mol. The molecule has 1 aliphatic rings. The Balaban J connectivity index is 2.22. The number of ketones is 1. The van der Waals surface area contributed by atoms with Crippen molar-refractivity contribution in [3.8, 4) is 0 Å². The van der Waals surface area contributed by atoms with Crippen LogP contribution in [0.2, 0.25) is 24.1 Å². The normalized spacial score (nSPS) is 29.6. The number of hydrogen-bond donors (Lipinski definition) is 0. The summed E-state index contributed by atoms with van der Waals surface area (Å²) in [6.07, 6.45) is 0.784. The van der Waals surface area contributed by atoms with Crippen molar-refractivity contribution in [1.82, 2.24) is 0 Å². The van der Waals surface area contributed by atoms with Gasteiger partial charge in [-0.25, -0.2) is 0 Å². The fourth-order valence-electron chi connectivity index (χ4n) is 2.32. The Hall–Kier alpha value is -0.374. The van der Waals surface area contributed by atoms with Gasteiger partial charge in [0.15, 0.2) is 0 Å². The van der Waals surface area contributed by atoms with Crippen LogP contribution < -0.4 is 4.46 Å². The van der Waals surface area contributed by atoms with Crippen molar-refractivity contribution >= 4 is 33.3 Å². The van der Waals surface area contributed by atoms with Gasteiger partial charge in [-0.1, -0.05) is 0 Å². The third-order valence-corrected chi connectivity index (χ3v) is 12.6. The second-order valence-electron chi connectivity index (χ2n) is 6.12. The number of Topliss-reactive ketones (excluding diaryl/α,β-unsaturated/α-hetero) is 1. The van der Waals surface area contributed by atoms with E-state index in [0.29, 0.717) is 19.4 Å². The molecule has 1 saturated carbocycles. The molecule has 1 aromatic rings. The van der Waals surface area contributed by atoms with Gasteiger partial charge < -0.3 is 0 Å². The molecule has 0 saturated heterocycles. The molecule has 0 radical (unpaired) electrons. The van der Waals surface area contributed by atoms with E-state index in [0.717, 1.165) is 6.42 Å². The third kappa shape index (κ3) is 3.34. The van der Waals surface area contributed by atoms with Crippen LogP contribution >= 0.6 is 0 Å². The van der Waals surface area contributed by atoms with Crippen LogP contribution in [0.1, 0.15) is 14.7 Å². The number of benzene rings is 1. The predicted octanol–water partition coefficient (Wildman–Crippen LogP) is 2.91. The van der Waals surface area contributed by atoms with Gasteiger partial charge in [-0.15, -0.1) is 0 Å². The Kier molecular flexibility index (Phi) is 3.74. The van der Waals surface area contributed by atoms with E-state index >= 15 is 0 Å². The molecular formula is C15H22OSeSi. The summed E-state index contributed by atoms with van der Waals surface area (Å²) in [6, 6.07) is 10.5. The number of rotatable bonds is 5. The second kappa shape index (κ2) is 5.32. The van der Waals surface area contributed by atoms with E-state index in [1.165, 1.54) is 4.46 Å². The maximum atomic E-state index is 11.6. The van der Waals surface area contributed by atoms with Crippen molar-refractivity contribution in [2.45, 2.75) is 37.4 Å². The van der Waals surface area contributed by atoms with Crippen molar-refractivity contribution in [2.24, 2.45) is 11.8 Å². The van der Waals surface area contributed by atoms with Crippen LogP contribution in [0, 0.1) is 11.8 Å². The molecule has 0 aromatic heterocycles. The van der Waals surface area contributed by atoms with E-state index in [1.807, 2.05) is 6.07 Å². The van der Waals surface area contributed by atoms with Gasteiger partial charge in [0.05, 0.1) is 0 Å². The van der Waals surface area contributed by atoms with Gasteiger partial charge in [0.1, 0.15) is 0 Å². The molecule has 1 aliphatic carbocycles. The number of hydrogen-bond acceptors (Lipinski definition) is 1. The molecule has 0 aliphatic heterocycles. The van der Waals surface area contributed by atoms with Crippen molar-refractivity contribution in [2.75, 3.05) is 0 Å². The van der Waals surface area contributed by atoms with E-state index in [1.54, 1.807) is 6.92 Å². The first-order valence-corrected chi connectivity index (χ1v) is 11.9. The molecule has 0 amide bonds. The summed E-state index contributed by atoms with van der Waals surface area (Å²) in [4.78, 5) is 11.6. The number of carbonyl (C=O) groups excluding carboxylic acids is 1. The third-order valence-electron chi connectivity index (χ3n) is 3.34. The predicted molar refractivity (Wildman–Crippen MR) is 81.2 cm³/mol. The fourth-order valence-corrected chi connectivity index (χ4v) is 9.13. The van der Waals surface area contributed by atoms with Crippen LogP contribution in [0.5, 0.6) is 0 Å². The van der Waals surface area contributed by atoms with E-state index < -0.39 is 14.0 Å². The Bertz CT molecular complexity index is 471. The van der Waals surface area contributed by atoms with Gasteiger partial charge in [0.2, 0.25) is 0 Å². The average molecular weight is 326 g/mol. The molecule has 0 heterocycles. The van der Waals surface area contributed by atoms with E-state index in [-0.39, 0.29) is 11.7 Å². The quantitative estimate of drug-likeness (QED) is 0.761. The van der Waals surface area contributed by atoms with Crippen LogP contribution in [0.15, 0.2) is 30.3 Å². The van der Waals surface area contributed by atoms with Gasteiger partial charge in [0, 0.05) is 0 Å². The van der Waals surface area contributed by atoms with Crippen LogP contribution in [-0.2, 0) is 4.79 Å². The molecule has 1 fully saturated rings. The van der Waals surface area contributed by atoms with Crippen molar-refractivity contribution in [1.29, 1.82) is 0 Å². The summed E-state index contributed by atoms with van der Waals surface area (Å²) in [6.45, 7) is 8.67. The molecule has 3 atom stereocenters. The standard InChI is InChI=1S/C15H22OSeSi/c1-11(16)13-10-14(13)15(18(2,3)4)17-12-8-6-5-7-9-12/h5-9,13-15H,10H2,1-4H3/t13-,14-,15-/m0/s1/i14D. The zero-order chi connectivity index (χ0) is 14.3. The summed E-state index contributed by atoms with van der Waals surface area (Å²) >= 11 is 0.303. The van der Waals surface area contributed by atoms with Gasteiger partial charge in [-0.05, 0) is 0 Å². The van der Waals surface area contributed by atoms with Crippen LogP contribution in [0.25, 0.3) is 0 Å². The molecule has 0 spiro atoms. The summed E-state index contributed by atoms with van der Waals surface area (Å²) in [5, 5.41) is 0. The van der Waals surface area contributed by atoms with Gasteiger partial charge in [-0.3, -0.25) is 0 Å². The Labute approximate surface area is 119 Å². The first-order chi connectivity index (χ1) is 8.75. The molecule has 1 aromatic carbocycles. The first-order valence-electron chi connectivity index (χ1n) is 6.97. The molecule has 98 valence electrons. The van der Waals surface area contributed by atoms with Gasteiger partial charge in [-0.2, -0.15) is 0 Å². The molecule has 0 unspecified atom stereocenters. The molecule has 3 heteroatoms. The summed E-state index contributed by atoms with van der Waals surface area (Å²) in [7, 11) is -1.44. The van der Waals surface area contributed by atoms with E-state index in [9.17, 15) is 4.79 Å². The molecule has 0 bridgehead atoms. The Morgan fingerprint density at radius 1 is 1.39 bits per heavy atom. The van der Waals surface area contributed by atoms with E-state index in [4.69, 9.17) is 1.37 Å². The van der Waals surface area contributed by atoms with Crippen molar-refractivity contribution in [3.63, 3.8) is 0 Å². The molecule has 18 heavy (non-hydrogen) atoms. The zero-order valence-corrected chi connectivity index (χ0v) is 14.3. The second-order valence-corrected chi connectivity index (χ2v) is 14.8. The molecular weight excluding hydrogens is 303 g/mol. The molecule has 1 nitrogen and oxygen atoms in total. The minimum atomic E-state index is -1.44. The van der Waals surface area contributed by atoms with Crippen LogP contribution in [0.4, 0.5) is 0 Å². The van der Waals surface area contributed by atoms with Gasteiger partial charge >= 0.3 is 119 Å². The summed E-state index contributed by atoms with van der Waals surface area (Å²) < 4.78 is 10.5. The van der Waals surface area contributed by atoms with E-state index in [2.05, 4.69) is 43.9 Å². The molecule has 2 rings (SSSR count). The van der Waals surface area contributed by atoms with Gasteiger partial charge in [0.25, 0.3) is 0 Å². The molecule has 0 N–H and O–H groups in total. The Morgan fingerprint density at radius 2 is 2.00 bits per heavy atom. The van der Waals surface area contributed by atoms with Crippen molar-refractivity contribution < 1.29 is 6.17 Å². The number of carbonyl (C=O) groups is 1. The first kappa shape index (κ1) is 12.6. The minimum absolute atomic E-state index is 0.00480. The summed E-state index contributed by atoms with van der Waals surface area (Å²) in [5.41, 5.74) is 0.